The van der Waals surface area contributed by atoms with Gasteiger partial charge in [0, 0.05) is 13.0 Å². The lowest BCUT2D eigenvalue weighted by atomic mass is 10.1. The highest BCUT2D eigenvalue weighted by atomic mass is 19.4. The van der Waals surface area contributed by atoms with Crippen molar-refractivity contribution in [3.8, 4) is 0 Å². The number of oxime groups is 1. The van der Waals surface area contributed by atoms with E-state index >= 15 is 0 Å². The van der Waals surface area contributed by atoms with Crippen molar-refractivity contribution in [1.29, 1.82) is 0 Å². The second kappa shape index (κ2) is 3.87. The topological polar surface area (TPSA) is 85.5 Å². The highest BCUT2D eigenvalue weighted by Gasteiger charge is 2.40. The number of halogens is 3. The van der Waals surface area contributed by atoms with Crippen LogP contribution in [0.5, 0.6) is 0 Å². The maximum Gasteiger partial charge on any atom is 0.478 e. The van der Waals surface area contributed by atoms with E-state index in [9.17, 15) is 18.4 Å². The van der Waals surface area contributed by atoms with Crippen LogP contribution in [0.2, 0.25) is 0 Å². The smallest absolute Gasteiger partial charge is 0.478 e. The van der Waals surface area contributed by atoms with E-state index in [1.165, 1.54) is 0 Å². The Morgan fingerprint density at radius 2 is 2.06 bits per heavy atom. The fourth-order valence-corrected chi connectivity index (χ4v) is 1.17. The van der Waals surface area contributed by atoms with Crippen LogP contribution in [-0.4, -0.2) is 11.0 Å². The van der Waals surface area contributed by atoms with Gasteiger partial charge >= 0.3 is 6.18 Å². The normalized spacial score (nSPS) is 12.9. The van der Waals surface area contributed by atoms with E-state index < -0.39 is 17.7 Å². The Labute approximate surface area is 88.2 Å². The maximum absolute atomic E-state index is 12.3. The molecule has 0 spiro atoms. The van der Waals surface area contributed by atoms with Crippen LogP contribution in [0.1, 0.15) is 17.0 Å². The first kappa shape index (κ1) is 12.1. The maximum atomic E-state index is 12.3. The Hall–Kier alpha value is -1.99. The molecule has 1 aromatic heterocycles. The van der Waals surface area contributed by atoms with Crippen LogP contribution < -0.4 is 10.5 Å². The average molecular weight is 235 g/mol. The van der Waals surface area contributed by atoms with Gasteiger partial charge in [-0.25, -0.2) is 0 Å². The van der Waals surface area contributed by atoms with Crippen molar-refractivity contribution in [1.82, 2.24) is 0 Å². The first-order chi connectivity index (χ1) is 7.29. The molecule has 0 saturated carbocycles. The molecule has 0 fully saturated rings. The summed E-state index contributed by atoms with van der Waals surface area (Å²) < 4.78 is 36.6. The molecule has 3 N–H and O–H groups in total. The van der Waals surface area contributed by atoms with Gasteiger partial charge in [0.1, 0.15) is 0 Å². The fourth-order valence-electron chi connectivity index (χ4n) is 1.17. The number of rotatable bonds is 1. The second-order valence-electron chi connectivity index (χ2n) is 3.00. The lowest BCUT2D eigenvalue weighted by molar-refractivity contribution is -0.635. The number of nitrogens with two attached hydrogens (primary N) is 1. The van der Waals surface area contributed by atoms with Crippen molar-refractivity contribution in [2.45, 2.75) is 13.1 Å². The molecule has 0 atom stereocenters. The summed E-state index contributed by atoms with van der Waals surface area (Å²) in [4.78, 5) is 0. The van der Waals surface area contributed by atoms with Crippen LogP contribution in [0.15, 0.2) is 17.3 Å². The Morgan fingerprint density at radius 3 is 2.50 bits per heavy atom. The molecule has 16 heavy (non-hydrogen) atoms. The van der Waals surface area contributed by atoms with Gasteiger partial charge in [-0.15, -0.1) is 0 Å². The van der Waals surface area contributed by atoms with Crippen LogP contribution in [0.3, 0.4) is 0 Å². The van der Waals surface area contributed by atoms with Gasteiger partial charge in [-0.05, 0) is 6.07 Å². The second-order valence-corrected chi connectivity index (χ2v) is 3.00. The first-order valence-electron chi connectivity index (χ1n) is 4.07. The molecule has 8 heteroatoms. The lowest BCUT2D eigenvalue weighted by Crippen LogP contribution is -2.41. The Bertz CT molecular complexity index is 443. The quantitative estimate of drug-likeness (QED) is 0.188. The minimum atomic E-state index is -4.74. The van der Waals surface area contributed by atoms with E-state index in [4.69, 9.17) is 10.9 Å². The largest absolute Gasteiger partial charge is 0.618 e. The van der Waals surface area contributed by atoms with Gasteiger partial charge in [-0.1, -0.05) is 5.16 Å². The number of hydrogen-bond acceptors (Lipinski definition) is 3. The highest BCUT2D eigenvalue weighted by Crippen LogP contribution is 2.26. The summed E-state index contributed by atoms with van der Waals surface area (Å²) in [5.41, 5.74) is 3.50. The molecular weight excluding hydrogens is 227 g/mol. The zero-order valence-electron chi connectivity index (χ0n) is 8.12. The van der Waals surface area contributed by atoms with Crippen molar-refractivity contribution in [2.75, 3.05) is 0 Å². The molecule has 0 aliphatic rings. The highest BCUT2D eigenvalue weighted by molar-refractivity contribution is 5.97. The number of aromatic nitrogens is 1. The summed E-state index contributed by atoms with van der Waals surface area (Å²) in [7, 11) is 0. The van der Waals surface area contributed by atoms with E-state index in [0.29, 0.717) is 6.07 Å². The Balaban J connectivity index is 3.41. The summed E-state index contributed by atoms with van der Waals surface area (Å²) in [6, 6.07) is 1.55. The molecule has 1 rings (SSSR count). The number of nitrogens with zero attached hydrogens (tertiary/aromatic N) is 2. The van der Waals surface area contributed by atoms with Gasteiger partial charge in [0.25, 0.3) is 5.69 Å². The zero-order valence-corrected chi connectivity index (χ0v) is 8.12. The Kier molecular flexibility index (Phi) is 2.92. The minimum absolute atomic E-state index is 0.0505. The standard InChI is InChI=1S/C8H8F3N3O2/c1-4-5(7(12)13-15)2-3-6(14(4)16)8(9,10)11/h2-3,15H,1H3,(H2,12,13). The van der Waals surface area contributed by atoms with E-state index in [1.54, 1.807) is 0 Å². The molecule has 0 aliphatic carbocycles. The molecule has 88 valence electrons. The summed E-state index contributed by atoms with van der Waals surface area (Å²) in [5.74, 6) is -0.421. The van der Waals surface area contributed by atoms with Crippen LogP contribution >= 0.6 is 0 Å². The summed E-state index contributed by atoms with van der Waals surface area (Å²) >= 11 is 0. The van der Waals surface area contributed by atoms with Crippen molar-refractivity contribution in [3.05, 3.63) is 34.3 Å². The van der Waals surface area contributed by atoms with Crippen LogP contribution in [0.25, 0.3) is 0 Å². The third-order valence-electron chi connectivity index (χ3n) is 2.00. The third-order valence-corrected chi connectivity index (χ3v) is 2.00. The third kappa shape index (κ3) is 2.00. The minimum Gasteiger partial charge on any atom is -0.618 e. The molecule has 5 nitrogen and oxygen atoms in total. The molecule has 1 heterocycles. The van der Waals surface area contributed by atoms with Crippen LogP contribution in [0, 0.1) is 12.1 Å². The van der Waals surface area contributed by atoms with Gasteiger partial charge in [-0.2, -0.15) is 17.9 Å². The van der Waals surface area contributed by atoms with Gasteiger partial charge in [-0.3, -0.25) is 0 Å². The number of alkyl halides is 3. The number of amidine groups is 1. The molecule has 1 aromatic rings. The molecule has 0 radical (unpaired) electrons. The van der Waals surface area contributed by atoms with E-state index in [-0.39, 0.29) is 16.0 Å². The SMILES string of the molecule is Cc1c(/C(N)=N\O)ccc(C(F)(F)F)[n+]1[O-]. The van der Waals surface area contributed by atoms with Crippen molar-refractivity contribution in [2.24, 2.45) is 10.9 Å². The van der Waals surface area contributed by atoms with E-state index in [2.05, 4.69) is 5.16 Å². The number of hydrogen-bond donors (Lipinski definition) is 2. The van der Waals surface area contributed by atoms with E-state index in [0.717, 1.165) is 13.0 Å². The molecular formula is C8H8F3N3O2. The van der Waals surface area contributed by atoms with Crippen molar-refractivity contribution in [3.63, 3.8) is 0 Å². The summed E-state index contributed by atoms with van der Waals surface area (Å²) in [6.45, 7) is 1.15. The van der Waals surface area contributed by atoms with Gasteiger partial charge in [0.2, 0.25) is 5.69 Å². The van der Waals surface area contributed by atoms with Crippen LogP contribution in [-0.2, 0) is 6.18 Å². The molecule has 0 amide bonds. The predicted octanol–water partition coefficient (Wildman–Crippen LogP) is 0.742. The summed E-state index contributed by atoms with van der Waals surface area (Å²) in [5, 5.41) is 22.2. The fraction of sp³-hybridized carbons (Fsp3) is 0.250. The average Bonchev–Trinajstić information content (AvgIpc) is 2.19. The Morgan fingerprint density at radius 1 is 1.50 bits per heavy atom. The lowest BCUT2D eigenvalue weighted by Gasteiger charge is -2.11. The van der Waals surface area contributed by atoms with Crippen molar-refractivity contribution >= 4 is 5.84 Å². The van der Waals surface area contributed by atoms with Gasteiger partial charge in [0.15, 0.2) is 5.84 Å². The summed E-state index contributed by atoms with van der Waals surface area (Å²) in [6.07, 6.45) is -4.74. The first-order valence-corrected chi connectivity index (χ1v) is 4.07. The molecule has 0 aromatic carbocycles. The molecule has 0 saturated heterocycles. The predicted molar refractivity (Wildman–Crippen MR) is 47.7 cm³/mol. The van der Waals surface area contributed by atoms with Gasteiger partial charge < -0.3 is 16.1 Å². The van der Waals surface area contributed by atoms with Crippen molar-refractivity contribution < 1.29 is 23.1 Å². The zero-order chi connectivity index (χ0) is 12.5. The molecule has 0 aliphatic heterocycles. The van der Waals surface area contributed by atoms with Gasteiger partial charge in [0.05, 0.1) is 5.56 Å². The monoisotopic (exact) mass is 235 g/mol. The molecule has 0 bridgehead atoms. The molecule has 0 unspecified atom stereocenters. The number of pyridine rings is 1. The van der Waals surface area contributed by atoms with E-state index in [1.807, 2.05) is 0 Å². The van der Waals surface area contributed by atoms with Crippen LogP contribution in [0.4, 0.5) is 13.2 Å².